The normalized spacial score (nSPS) is 14.3. The molecule has 3 rings (SSSR count). The van der Waals surface area contributed by atoms with Crippen molar-refractivity contribution in [2.75, 3.05) is 19.0 Å². The van der Waals surface area contributed by atoms with E-state index in [4.69, 9.17) is 4.74 Å². The largest absolute Gasteiger partial charge is 0.497 e. The standard InChI is InChI=1S/C19H23N3O6S2/c1-28-16-7-9-17(10-8-16)29(24,25)20-12-11-19(23)21-15-3-2-4-18(13-15)30(26,27)22-14-5-6-14/h2-4,7-10,13-14,20,22H,5-6,11-12H2,1H3,(H,21,23). The van der Waals surface area contributed by atoms with E-state index < -0.39 is 26.0 Å². The van der Waals surface area contributed by atoms with Crippen molar-refractivity contribution in [2.45, 2.75) is 35.1 Å². The topological polar surface area (TPSA) is 131 Å². The van der Waals surface area contributed by atoms with Gasteiger partial charge in [-0.25, -0.2) is 26.3 Å². The molecule has 2 aromatic rings. The van der Waals surface area contributed by atoms with Gasteiger partial charge in [0.05, 0.1) is 16.9 Å². The van der Waals surface area contributed by atoms with Gasteiger partial charge in [0.15, 0.2) is 0 Å². The van der Waals surface area contributed by atoms with Gasteiger partial charge in [0.2, 0.25) is 26.0 Å². The van der Waals surface area contributed by atoms with E-state index >= 15 is 0 Å². The number of amides is 1. The van der Waals surface area contributed by atoms with Gasteiger partial charge in [0, 0.05) is 24.7 Å². The predicted octanol–water partition coefficient (Wildman–Crippen LogP) is 1.44. The number of methoxy groups -OCH3 is 1. The number of hydrogen-bond donors (Lipinski definition) is 3. The van der Waals surface area contributed by atoms with E-state index in [0.29, 0.717) is 11.4 Å². The molecule has 11 heteroatoms. The van der Waals surface area contributed by atoms with Crippen LogP contribution in [0.5, 0.6) is 5.75 Å². The predicted molar refractivity (Wildman–Crippen MR) is 111 cm³/mol. The average Bonchev–Trinajstić information content (AvgIpc) is 3.51. The van der Waals surface area contributed by atoms with Crippen LogP contribution in [0.3, 0.4) is 0 Å². The van der Waals surface area contributed by atoms with Crippen molar-refractivity contribution in [3.05, 3.63) is 48.5 Å². The summed E-state index contributed by atoms with van der Waals surface area (Å²) in [7, 11) is -5.91. The zero-order valence-electron chi connectivity index (χ0n) is 16.3. The summed E-state index contributed by atoms with van der Waals surface area (Å²) in [5.74, 6) is 0.0852. The van der Waals surface area contributed by atoms with Gasteiger partial charge in [0.1, 0.15) is 5.75 Å². The molecular formula is C19H23N3O6S2. The first-order valence-electron chi connectivity index (χ1n) is 9.25. The molecule has 162 valence electrons. The van der Waals surface area contributed by atoms with Crippen LogP contribution >= 0.6 is 0 Å². The SMILES string of the molecule is COc1ccc(S(=O)(=O)NCCC(=O)Nc2cccc(S(=O)(=O)NC3CC3)c2)cc1. The molecule has 0 bridgehead atoms. The molecule has 30 heavy (non-hydrogen) atoms. The highest BCUT2D eigenvalue weighted by Gasteiger charge is 2.28. The van der Waals surface area contributed by atoms with Crippen LogP contribution < -0.4 is 19.5 Å². The highest BCUT2D eigenvalue weighted by molar-refractivity contribution is 7.89. The van der Waals surface area contributed by atoms with Gasteiger partial charge in [-0.3, -0.25) is 4.79 Å². The summed E-state index contributed by atoms with van der Waals surface area (Å²) < 4.78 is 59.0. The summed E-state index contributed by atoms with van der Waals surface area (Å²) >= 11 is 0. The molecule has 0 spiro atoms. The third-order valence-corrected chi connectivity index (χ3v) is 7.34. The zero-order valence-corrected chi connectivity index (χ0v) is 17.9. The van der Waals surface area contributed by atoms with E-state index in [1.807, 2.05) is 0 Å². The summed E-state index contributed by atoms with van der Waals surface area (Å²) in [6.07, 6.45) is 1.52. The Morgan fingerprint density at radius 2 is 1.70 bits per heavy atom. The van der Waals surface area contributed by atoms with Crippen LogP contribution in [0.4, 0.5) is 5.69 Å². The molecule has 0 aliphatic heterocycles. The fourth-order valence-corrected chi connectivity index (χ4v) is 4.97. The van der Waals surface area contributed by atoms with Crippen molar-refractivity contribution >= 4 is 31.6 Å². The van der Waals surface area contributed by atoms with Crippen molar-refractivity contribution < 1.29 is 26.4 Å². The zero-order chi connectivity index (χ0) is 21.8. The molecule has 0 heterocycles. The van der Waals surface area contributed by atoms with Crippen molar-refractivity contribution in [3.63, 3.8) is 0 Å². The Bertz CT molecular complexity index is 1110. The van der Waals surface area contributed by atoms with Crippen molar-refractivity contribution in [2.24, 2.45) is 0 Å². The molecular weight excluding hydrogens is 430 g/mol. The highest BCUT2D eigenvalue weighted by Crippen LogP contribution is 2.23. The lowest BCUT2D eigenvalue weighted by Gasteiger charge is -2.10. The molecule has 0 radical (unpaired) electrons. The van der Waals surface area contributed by atoms with Crippen molar-refractivity contribution in [1.82, 2.24) is 9.44 Å². The number of rotatable bonds is 10. The summed E-state index contributed by atoms with van der Waals surface area (Å²) in [6, 6.07) is 11.8. The third-order valence-electron chi connectivity index (χ3n) is 4.34. The van der Waals surface area contributed by atoms with Gasteiger partial charge >= 0.3 is 0 Å². The minimum atomic E-state index is -3.76. The maximum absolute atomic E-state index is 12.3. The number of carbonyl (C=O) groups excluding carboxylic acids is 1. The summed E-state index contributed by atoms with van der Waals surface area (Å²) in [6.45, 7) is -0.110. The lowest BCUT2D eigenvalue weighted by atomic mass is 10.3. The molecule has 1 saturated carbocycles. The fourth-order valence-electron chi connectivity index (χ4n) is 2.59. The molecule has 3 N–H and O–H groups in total. The van der Waals surface area contributed by atoms with Gasteiger partial charge in [-0.2, -0.15) is 0 Å². The Morgan fingerprint density at radius 1 is 1.00 bits per heavy atom. The van der Waals surface area contributed by atoms with Crippen LogP contribution in [0.15, 0.2) is 58.3 Å². The third kappa shape index (κ3) is 6.02. The quantitative estimate of drug-likeness (QED) is 0.499. The average molecular weight is 454 g/mol. The Hall–Kier alpha value is -2.47. The van der Waals surface area contributed by atoms with E-state index in [9.17, 15) is 21.6 Å². The minimum absolute atomic E-state index is 0.0213. The monoisotopic (exact) mass is 453 g/mol. The van der Waals surface area contributed by atoms with Gasteiger partial charge in [-0.1, -0.05) is 6.07 Å². The van der Waals surface area contributed by atoms with Crippen molar-refractivity contribution in [3.8, 4) is 5.75 Å². The highest BCUT2D eigenvalue weighted by atomic mass is 32.2. The maximum Gasteiger partial charge on any atom is 0.240 e. The van der Waals surface area contributed by atoms with Crippen molar-refractivity contribution in [1.29, 1.82) is 0 Å². The second-order valence-electron chi connectivity index (χ2n) is 6.79. The summed E-state index contributed by atoms with van der Waals surface area (Å²) in [5.41, 5.74) is 0.316. The van der Waals surface area contributed by atoms with E-state index in [-0.39, 0.29) is 28.8 Å². The molecule has 9 nitrogen and oxygen atoms in total. The van der Waals surface area contributed by atoms with Crippen LogP contribution in [0, 0.1) is 0 Å². The second-order valence-corrected chi connectivity index (χ2v) is 10.3. The van der Waals surface area contributed by atoms with Gasteiger partial charge in [0.25, 0.3) is 0 Å². The number of sulfonamides is 2. The molecule has 1 aliphatic rings. The van der Waals surface area contributed by atoms with E-state index in [0.717, 1.165) is 12.8 Å². The Labute approximate surface area is 175 Å². The molecule has 2 aromatic carbocycles. The Kier molecular flexibility index (Phi) is 6.76. The van der Waals surface area contributed by atoms with Crippen LogP contribution in [0.1, 0.15) is 19.3 Å². The van der Waals surface area contributed by atoms with Gasteiger partial charge in [-0.05, 0) is 55.3 Å². The molecule has 1 amide bonds. The number of nitrogens with one attached hydrogen (secondary N) is 3. The lowest BCUT2D eigenvalue weighted by Crippen LogP contribution is -2.28. The molecule has 0 atom stereocenters. The van der Waals surface area contributed by atoms with Gasteiger partial charge < -0.3 is 10.1 Å². The molecule has 0 saturated heterocycles. The first-order valence-corrected chi connectivity index (χ1v) is 12.2. The maximum atomic E-state index is 12.3. The number of hydrogen-bond acceptors (Lipinski definition) is 6. The minimum Gasteiger partial charge on any atom is -0.497 e. The molecule has 1 aliphatic carbocycles. The molecule has 1 fully saturated rings. The van der Waals surface area contributed by atoms with Crippen LogP contribution in [-0.4, -0.2) is 42.4 Å². The first-order chi connectivity index (χ1) is 14.2. The van der Waals surface area contributed by atoms with E-state index in [1.165, 1.54) is 49.6 Å². The smallest absolute Gasteiger partial charge is 0.240 e. The summed E-state index contributed by atoms with van der Waals surface area (Å²) in [5, 5.41) is 2.58. The summed E-state index contributed by atoms with van der Waals surface area (Å²) in [4.78, 5) is 12.3. The van der Waals surface area contributed by atoms with Crippen LogP contribution in [0.2, 0.25) is 0 Å². The van der Waals surface area contributed by atoms with E-state index in [1.54, 1.807) is 6.07 Å². The number of anilines is 1. The number of benzene rings is 2. The molecule has 0 unspecified atom stereocenters. The molecule has 0 aromatic heterocycles. The Morgan fingerprint density at radius 3 is 2.33 bits per heavy atom. The lowest BCUT2D eigenvalue weighted by molar-refractivity contribution is -0.116. The first kappa shape index (κ1) is 22.2. The van der Waals surface area contributed by atoms with Crippen LogP contribution in [0.25, 0.3) is 0 Å². The number of ether oxygens (including phenoxy) is 1. The van der Waals surface area contributed by atoms with Gasteiger partial charge in [-0.15, -0.1) is 0 Å². The fraction of sp³-hybridized carbons (Fsp3) is 0.316. The second kappa shape index (κ2) is 9.13. The Balaban J connectivity index is 1.53. The van der Waals surface area contributed by atoms with Crippen LogP contribution in [-0.2, 0) is 24.8 Å². The van der Waals surface area contributed by atoms with E-state index in [2.05, 4.69) is 14.8 Å². The number of carbonyl (C=O) groups is 1.